The first kappa shape index (κ1) is 13.1. The molecule has 0 bridgehead atoms. The molecule has 0 amide bonds. The standard InChI is InChI=1S/C17H25NO/c19-17-8-6-13(7-9-17)12-18-16-10-15(11-16)14-4-2-1-3-5-14/h1-5,13,15-19H,6-12H2. The number of hydrogen-bond donors (Lipinski definition) is 2. The van der Waals surface area contributed by atoms with Crippen LogP contribution >= 0.6 is 0 Å². The van der Waals surface area contributed by atoms with Crippen LogP contribution in [0.2, 0.25) is 0 Å². The van der Waals surface area contributed by atoms with E-state index in [1.54, 1.807) is 0 Å². The summed E-state index contributed by atoms with van der Waals surface area (Å²) in [5, 5.41) is 13.2. The molecule has 0 aromatic heterocycles. The number of benzene rings is 1. The second kappa shape index (κ2) is 6.06. The highest BCUT2D eigenvalue weighted by Gasteiger charge is 2.30. The third-order valence-corrected chi connectivity index (χ3v) is 4.92. The molecule has 19 heavy (non-hydrogen) atoms. The van der Waals surface area contributed by atoms with Crippen LogP contribution in [0.3, 0.4) is 0 Å². The smallest absolute Gasteiger partial charge is 0.0540 e. The second-order valence-corrected chi connectivity index (χ2v) is 6.36. The Bertz CT molecular complexity index is 378. The van der Waals surface area contributed by atoms with Gasteiger partial charge in [0, 0.05) is 6.04 Å². The maximum atomic E-state index is 9.50. The Balaban J connectivity index is 1.36. The Morgan fingerprint density at radius 1 is 1.00 bits per heavy atom. The van der Waals surface area contributed by atoms with Gasteiger partial charge in [-0.15, -0.1) is 0 Å². The molecule has 2 aliphatic rings. The minimum Gasteiger partial charge on any atom is -0.393 e. The number of hydrogen-bond acceptors (Lipinski definition) is 2. The van der Waals surface area contributed by atoms with Gasteiger partial charge in [0.1, 0.15) is 0 Å². The fourth-order valence-electron chi connectivity index (χ4n) is 3.46. The van der Waals surface area contributed by atoms with Crippen LogP contribution in [0.25, 0.3) is 0 Å². The van der Waals surface area contributed by atoms with Crippen molar-refractivity contribution in [2.75, 3.05) is 6.54 Å². The zero-order valence-electron chi connectivity index (χ0n) is 11.6. The van der Waals surface area contributed by atoms with Crippen molar-refractivity contribution in [3.05, 3.63) is 35.9 Å². The molecule has 1 aromatic carbocycles. The molecule has 3 rings (SSSR count). The summed E-state index contributed by atoms with van der Waals surface area (Å²) in [7, 11) is 0. The van der Waals surface area contributed by atoms with Crippen molar-refractivity contribution in [2.45, 2.75) is 56.6 Å². The Labute approximate surface area is 116 Å². The van der Waals surface area contributed by atoms with Gasteiger partial charge in [0.05, 0.1) is 6.10 Å². The summed E-state index contributed by atoms with van der Waals surface area (Å²) in [5.74, 6) is 1.56. The molecule has 0 unspecified atom stereocenters. The van der Waals surface area contributed by atoms with Gasteiger partial charge in [-0.1, -0.05) is 30.3 Å². The molecule has 2 fully saturated rings. The number of aliphatic hydroxyl groups is 1. The van der Waals surface area contributed by atoms with Gasteiger partial charge in [0.15, 0.2) is 0 Å². The zero-order chi connectivity index (χ0) is 13.1. The molecule has 2 nitrogen and oxygen atoms in total. The van der Waals surface area contributed by atoms with Crippen LogP contribution in [-0.2, 0) is 0 Å². The quantitative estimate of drug-likeness (QED) is 0.871. The summed E-state index contributed by atoms with van der Waals surface area (Å²) in [5.41, 5.74) is 1.50. The fraction of sp³-hybridized carbons (Fsp3) is 0.647. The predicted octanol–water partition coefficient (Wildman–Crippen LogP) is 3.07. The van der Waals surface area contributed by atoms with Crippen molar-refractivity contribution < 1.29 is 5.11 Å². The molecule has 0 aliphatic heterocycles. The summed E-state index contributed by atoms with van der Waals surface area (Å²) in [6.45, 7) is 1.15. The highest BCUT2D eigenvalue weighted by Crippen LogP contribution is 2.37. The summed E-state index contributed by atoms with van der Waals surface area (Å²) in [4.78, 5) is 0. The highest BCUT2D eigenvalue weighted by molar-refractivity contribution is 5.22. The third-order valence-electron chi connectivity index (χ3n) is 4.92. The van der Waals surface area contributed by atoms with Crippen LogP contribution in [0, 0.1) is 5.92 Å². The largest absolute Gasteiger partial charge is 0.393 e. The summed E-state index contributed by atoms with van der Waals surface area (Å²) in [6, 6.07) is 11.6. The Morgan fingerprint density at radius 2 is 1.68 bits per heavy atom. The summed E-state index contributed by atoms with van der Waals surface area (Å²) in [6.07, 6.45) is 6.96. The molecule has 0 spiro atoms. The molecule has 0 atom stereocenters. The lowest BCUT2D eigenvalue weighted by atomic mass is 9.75. The number of aliphatic hydroxyl groups excluding tert-OH is 1. The van der Waals surface area contributed by atoms with Gasteiger partial charge in [-0.2, -0.15) is 0 Å². The van der Waals surface area contributed by atoms with Crippen molar-refractivity contribution >= 4 is 0 Å². The lowest BCUT2D eigenvalue weighted by Crippen LogP contribution is -2.42. The van der Waals surface area contributed by atoms with E-state index in [2.05, 4.69) is 35.6 Å². The van der Waals surface area contributed by atoms with E-state index >= 15 is 0 Å². The van der Waals surface area contributed by atoms with Gasteiger partial charge in [0.2, 0.25) is 0 Å². The third kappa shape index (κ3) is 3.37. The molecule has 2 N–H and O–H groups in total. The molecule has 2 aliphatic carbocycles. The molecule has 104 valence electrons. The van der Waals surface area contributed by atoms with E-state index in [4.69, 9.17) is 0 Å². The van der Waals surface area contributed by atoms with Crippen LogP contribution in [0.15, 0.2) is 30.3 Å². The average molecular weight is 259 g/mol. The van der Waals surface area contributed by atoms with Crippen LogP contribution in [0.1, 0.15) is 50.0 Å². The van der Waals surface area contributed by atoms with Crippen molar-refractivity contribution in [3.8, 4) is 0 Å². The van der Waals surface area contributed by atoms with Gasteiger partial charge in [-0.3, -0.25) is 0 Å². The minimum atomic E-state index is -0.0255. The van der Waals surface area contributed by atoms with Crippen molar-refractivity contribution in [1.29, 1.82) is 0 Å². The topological polar surface area (TPSA) is 32.3 Å². The van der Waals surface area contributed by atoms with E-state index in [1.807, 2.05) is 0 Å². The molecule has 2 saturated carbocycles. The summed E-state index contributed by atoms with van der Waals surface area (Å²) < 4.78 is 0. The summed E-state index contributed by atoms with van der Waals surface area (Å²) >= 11 is 0. The first-order valence-corrected chi connectivity index (χ1v) is 7.77. The lowest BCUT2D eigenvalue weighted by Gasteiger charge is -2.38. The molecule has 0 heterocycles. The van der Waals surface area contributed by atoms with Gasteiger partial charge in [-0.25, -0.2) is 0 Å². The lowest BCUT2D eigenvalue weighted by molar-refractivity contribution is 0.106. The van der Waals surface area contributed by atoms with E-state index in [-0.39, 0.29) is 6.10 Å². The normalized spacial score (nSPS) is 34.8. The van der Waals surface area contributed by atoms with Crippen LogP contribution < -0.4 is 5.32 Å². The van der Waals surface area contributed by atoms with Crippen LogP contribution in [-0.4, -0.2) is 23.8 Å². The molecule has 0 saturated heterocycles. The number of rotatable bonds is 4. The van der Waals surface area contributed by atoms with E-state index in [0.717, 1.165) is 37.3 Å². The van der Waals surface area contributed by atoms with Crippen molar-refractivity contribution in [2.24, 2.45) is 5.92 Å². The van der Waals surface area contributed by atoms with Gasteiger partial charge >= 0.3 is 0 Å². The van der Waals surface area contributed by atoms with Gasteiger partial charge < -0.3 is 10.4 Å². The van der Waals surface area contributed by atoms with E-state index in [0.29, 0.717) is 0 Å². The maximum Gasteiger partial charge on any atom is 0.0540 e. The van der Waals surface area contributed by atoms with Crippen LogP contribution in [0.5, 0.6) is 0 Å². The predicted molar refractivity (Wildman–Crippen MR) is 78.2 cm³/mol. The molecule has 2 heteroatoms. The van der Waals surface area contributed by atoms with E-state index < -0.39 is 0 Å². The monoisotopic (exact) mass is 259 g/mol. The molecule has 0 radical (unpaired) electrons. The van der Waals surface area contributed by atoms with E-state index in [1.165, 1.54) is 31.2 Å². The average Bonchev–Trinajstić information content (AvgIpc) is 2.40. The molecule has 1 aromatic rings. The van der Waals surface area contributed by atoms with E-state index in [9.17, 15) is 5.11 Å². The van der Waals surface area contributed by atoms with Crippen LogP contribution in [0.4, 0.5) is 0 Å². The SMILES string of the molecule is OC1CCC(CNC2CC(c3ccccc3)C2)CC1. The fourth-order valence-corrected chi connectivity index (χ4v) is 3.46. The second-order valence-electron chi connectivity index (χ2n) is 6.36. The van der Waals surface area contributed by atoms with Gasteiger partial charge in [-0.05, 0) is 62.5 Å². The Kier molecular flexibility index (Phi) is 4.19. The number of nitrogens with one attached hydrogen (secondary N) is 1. The molecular weight excluding hydrogens is 234 g/mol. The van der Waals surface area contributed by atoms with Crippen molar-refractivity contribution in [1.82, 2.24) is 5.32 Å². The Hall–Kier alpha value is -0.860. The maximum absolute atomic E-state index is 9.50. The first-order valence-electron chi connectivity index (χ1n) is 7.77. The molecular formula is C17H25NO. The Morgan fingerprint density at radius 3 is 2.37 bits per heavy atom. The van der Waals surface area contributed by atoms with Crippen molar-refractivity contribution in [3.63, 3.8) is 0 Å². The zero-order valence-corrected chi connectivity index (χ0v) is 11.6. The minimum absolute atomic E-state index is 0.0255. The highest BCUT2D eigenvalue weighted by atomic mass is 16.3. The first-order chi connectivity index (χ1) is 9.31. The van der Waals surface area contributed by atoms with Gasteiger partial charge in [0.25, 0.3) is 0 Å².